The van der Waals surface area contributed by atoms with Crippen LogP contribution in [0.25, 0.3) is 0 Å². The molecule has 3 rings (SSSR count). The Bertz CT molecular complexity index is 1000. The van der Waals surface area contributed by atoms with Gasteiger partial charge in [0.25, 0.3) is 5.56 Å². The molecule has 6 nitrogen and oxygen atoms in total. The topological polar surface area (TPSA) is 72.3 Å². The van der Waals surface area contributed by atoms with E-state index in [0.29, 0.717) is 0 Å². The molecular formula is C16H15ClF3N3O3S. The predicted molar refractivity (Wildman–Crippen MR) is 92.0 cm³/mol. The molecule has 0 radical (unpaired) electrons. The lowest BCUT2D eigenvalue weighted by molar-refractivity contribution is -0.171. The van der Waals surface area contributed by atoms with Crippen molar-refractivity contribution in [3.63, 3.8) is 0 Å². The van der Waals surface area contributed by atoms with Gasteiger partial charge in [0.2, 0.25) is 10.0 Å². The number of hydrogen-bond acceptors (Lipinski definition) is 4. The third kappa shape index (κ3) is 4.02. The van der Waals surface area contributed by atoms with Crippen molar-refractivity contribution in [1.29, 1.82) is 0 Å². The predicted octanol–water partition coefficient (Wildman–Crippen LogP) is 3.16. The van der Waals surface area contributed by atoms with Gasteiger partial charge in [-0.1, -0.05) is 23.7 Å². The van der Waals surface area contributed by atoms with Gasteiger partial charge in [-0.2, -0.15) is 22.6 Å². The van der Waals surface area contributed by atoms with E-state index in [1.165, 1.54) is 12.1 Å². The van der Waals surface area contributed by atoms with E-state index >= 15 is 0 Å². The molecule has 0 aliphatic heterocycles. The average Bonchev–Trinajstić information content (AvgIpc) is 3.40. The normalized spacial score (nSPS) is 16.5. The van der Waals surface area contributed by atoms with E-state index in [1.807, 2.05) is 0 Å². The van der Waals surface area contributed by atoms with E-state index in [2.05, 4.69) is 5.10 Å². The first kappa shape index (κ1) is 19.8. The number of hydrogen-bond donors (Lipinski definition) is 0. The SMILES string of the molecule is CN(C(c1ccc(Cl)cc1)C(F)(F)F)S(=O)(=O)c1cnn(C2CC2)c(=O)c1. The Hall–Kier alpha value is -1.91. The molecule has 1 aliphatic rings. The third-order valence-electron chi connectivity index (χ3n) is 4.23. The first-order valence-corrected chi connectivity index (χ1v) is 9.72. The van der Waals surface area contributed by atoms with Crippen LogP contribution in [0.1, 0.15) is 30.5 Å². The van der Waals surface area contributed by atoms with Gasteiger partial charge in [0, 0.05) is 18.1 Å². The standard InChI is InChI=1S/C16H15ClF3N3O3S/c1-22(15(16(18,19)20)10-2-4-11(17)5-3-10)27(25,26)13-8-14(24)23(21-9-13)12-6-7-12/h2-5,8-9,12,15H,6-7H2,1H3. The molecule has 0 N–H and O–H groups in total. The zero-order valence-corrected chi connectivity index (χ0v) is 15.6. The van der Waals surface area contributed by atoms with Crippen LogP contribution in [0.5, 0.6) is 0 Å². The van der Waals surface area contributed by atoms with Crippen molar-refractivity contribution < 1.29 is 21.6 Å². The van der Waals surface area contributed by atoms with E-state index in [4.69, 9.17) is 11.6 Å². The van der Waals surface area contributed by atoms with Gasteiger partial charge in [0.05, 0.1) is 12.2 Å². The zero-order valence-electron chi connectivity index (χ0n) is 14.0. The van der Waals surface area contributed by atoms with E-state index in [9.17, 15) is 26.4 Å². The highest BCUT2D eigenvalue weighted by Crippen LogP contribution is 2.40. The highest BCUT2D eigenvalue weighted by molar-refractivity contribution is 7.89. The molecule has 1 aliphatic carbocycles. The fraction of sp³-hybridized carbons (Fsp3) is 0.375. The number of benzene rings is 1. The van der Waals surface area contributed by atoms with Gasteiger partial charge >= 0.3 is 6.18 Å². The Morgan fingerprint density at radius 3 is 2.33 bits per heavy atom. The van der Waals surface area contributed by atoms with Crippen LogP contribution in [0.15, 0.2) is 46.2 Å². The van der Waals surface area contributed by atoms with Crippen molar-refractivity contribution in [1.82, 2.24) is 14.1 Å². The Morgan fingerprint density at radius 2 is 1.85 bits per heavy atom. The molecule has 1 atom stereocenters. The molecule has 0 saturated heterocycles. The fourth-order valence-corrected chi connectivity index (χ4v) is 4.10. The van der Waals surface area contributed by atoms with Gasteiger partial charge in [-0.25, -0.2) is 13.1 Å². The molecule has 11 heteroatoms. The first-order valence-electron chi connectivity index (χ1n) is 7.91. The van der Waals surface area contributed by atoms with Gasteiger partial charge in [-0.3, -0.25) is 4.79 Å². The number of halogens is 4. The van der Waals surface area contributed by atoms with Crippen LogP contribution in [0.4, 0.5) is 13.2 Å². The lowest BCUT2D eigenvalue weighted by atomic mass is 10.1. The van der Waals surface area contributed by atoms with E-state index in [-0.39, 0.29) is 20.9 Å². The van der Waals surface area contributed by atoms with Gasteiger partial charge in [-0.05, 0) is 30.5 Å². The zero-order chi connectivity index (χ0) is 20.0. The van der Waals surface area contributed by atoms with Crippen LogP contribution >= 0.6 is 11.6 Å². The van der Waals surface area contributed by atoms with Gasteiger partial charge in [0.1, 0.15) is 10.9 Å². The number of alkyl halides is 3. The maximum absolute atomic E-state index is 13.6. The smallest absolute Gasteiger partial charge is 0.268 e. The van der Waals surface area contributed by atoms with Crippen LogP contribution in [0, 0.1) is 0 Å². The van der Waals surface area contributed by atoms with Gasteiger partial charge in [0.15, 0.2) is 0 Å². The first-order chi connectivity index (χ1) is 12.5. The summed E-state index contributed by atoms with van der Waals surface area (Å²) in [4.78, 5) is 11.5. The molecule has 1 aromatic carbocycles. The minimum atomic E-state index is -4.88. The maximum atomic E-state index is 13.6. The lowest BCUT2D eigenvalue weighted by Gasteiger charge is -2.29. The summed E-state index contributed by atoms with van der Waals surface area (Å²) in [5.74, 6) is 0. The summed E-state index contributed by atoms with van der Waals surface area (Å²) in [6.07, 6.45) is -2.47. The monoisotopic (exact) mass is 421 g/mol. The minimum Gasteiger partial charge on any atom is -0.268 e. The lowest BCUT2D eigenvalue weighted by Crippen LogP contribution is -2.40. The molecule has 1 heterocycles. The summed E-state index contributed by atoms with van der Waals surface area (Å²) in [5, 5.41) is 4.01. The molecule has 1 fully saturated rings. The second-order valence-corrected chi connectivity index (χ2v) is 8.66. The summed E-state index contributed by atoms with van der Waals surface area (Å²) in [6, 6.07) is 2.98. The number of rotatable bonds is 5. The van der Waals surface area contributed by atoms with Crippen molar-refractivity contribution in [3.05, 3.63) is 57.5 Å². The summed E-state index contributed by atoms with van der Waals surface area (Å²) >= 11 is 5.70. The van der Waals surface area contributed by atoms with Crippen LogP contribution in [0.3, 0.4) is 0 Å². The number of sulfonamides is 1. The maximum Gasteiger partial charge on any atom is 0.409 e. The molecule has 0 amide bonds. The quantitative estimate of drug-likeness (QED) is 0.743. The summed E-state index contributed by atoms with van der Waals surface area (Å²) in [6.45, 7) is 0. The Morgan fingerprint density at radius 1 is 1.26 bits per heavy atom. The summed E-state index contributed by atoms with van der Waals surface area (Å²) < 4.78 is 67.7. The second kappa shape index (κ2) is 6.92. The van der Waals surface area contributed by atoms with Crippen molar-refractivity contribution in [3.8, 4) is 0 Å². The van der Waals surface area contributed by atoms with Gasteiger partial charge in [-0.15, -0.1) is 0 Å². The van der Waals surface area contributed by atoms with Crippen LogP contribution < -0.4 is 5.56 Å². The van der Waals surface area contributed by atoms with E-state index in [0.717, 1.165) is 49.0 Å². The summed E-state index contributed by atoms with van der Waals surface area (Å²) in [5.41, 5.74) is -0.959. The number of aromatic nitrogens is 2. The van der Waals surface area contributed by atoms with E-state index in [1.54, 1.807) is 0 Å². The molecule has 0 spiro atoms. The second-order valence-electron chi connectivity index (χ2n) is 6.22. The molecule has 27 heavy (non-hydrogen) atoms. The Labute approximate surface area is 158 Å². The van der Waals surface area contributed by atoms with Crippen molar-refractivity contribution in [2.24, 2.45) is 0 Å². The molecule has 146 valence electrons. The van der Waals surface area contributed by atoms with Crippen molar-refractivity contribution in [2.75, 3.05) is 7.05 Å². The van der Waals surface area contributed by atoms with Crippen molar-refractivity contribution in [2.45, 2.75) is 36.0 Å². The molecular weight excluding hydrogens is 407 g/mol. The van der Waals surface area contributed by atoms with Crippen LogP contribution in [0.2, 0.25) is 5.02 Å². The molecule has 1 aromatic heterocycles. The highest BCUT2D eigenvalue weighted by atomic mass is 35.5. The van der Waals surface area contributed by atoms with Crippen LogP contribution in [-0.4, -0.2) is 35.7 Å². The molecule has 1 unspecified atom stereocenters. The molecule has 1 saturated carbocycles. The Balaban J connectivity index is 2.01. The summed E-state index contributed by atoms with van der Waals surface area (Å²) in [7, 11) is -3.81. The van der Waals surface area contributed by atoms with E-state index < -0.39 is 32.7 Å². The van der Waals surface area contributed by atoms with Gasteiger partial charge < -0.3 is 0 Å². The fourth-order valence-electron chi connectivity index (χ4n) is 2.69. The average molecular weight is 422 g/mol. The third-order valence-corrected chi connectivity index (χ3v) is 6.27. The molecule has 2 aromatic rings. The highest BCUT2D eigenvalue weighted by Gasteiger charge is 2.47. The number of nitrogens with zero attached hydrogens (tertiary/aromatic N) is 3. The molecule has 0 bridgehead atoms. The Kier molecular flexibility index (Phi) is 5.08. The largest absolute Gasteiger partial charge is 0.409 e. The van der Waals surface area contributed by atoms with Crippen molar-refractivity contribution >= 4 is 21.6 Å². The minimum absolute atomic E-state index is 0.0797. The van der Waals surface area contributed by atoms with Crippen LogP contribution in [-0.2, 0) is 10.0 Å².